The molecule has 0 saturated carbocycles. The SMILES string of the molecule is C[C@@H]1O[C@@H]2Cn3cc(C(=O)NCc4ccc(F)cc4F)c(=O)c(O)c3C(=O)N2[C@@H]1c1ccccc1. The number of amides is 2. The van der Waals surface area contributed by atoms with Crippen molar-refractivity contribution in [1.82, 2.24) is 14.8 Å². The van der Waals surface area contributed by atoms with Crippen molar-refractivity contribution in [1.29, 1.82) is 0 Å². The highest BCUT2D eigenvalue weighted by atomic mass is 19.1. The molecule has 3 heterocycles. The van der Waals surface area contributed by atoms with Crippen LogP contribution in [0.25, 0.3) is 0 Å². The molecule has 0 unspecified atom stereocenters. The molecule has 0 aliphatic carbocycles. The summed E-state index contributed by atoms with van der Waals surface area (Å²) in [7, 11) is 0. The number of hydrogen-bond donors (Lipinski definition) is 2. The molecule has 1 fully saturated rings. The first-order valence-corrected chi connectivity index (χ1v) is 11.0. The Morgan fingerprint density at radius 1 is 1.17 bits per heavy atom. The molecule has 3 atom stereocenters. The summed E-state index contributed by atoms with van der Waals surface area (Å²) in [6.07, 6.45) is 0.178. The van der Waals surface area contributed by atoms with Gasteiger partial charge >= 0.3 is 0 Å². The molecule has 8 nitrogen and oxygen atoms in total. The topological polar surface area (TPSA) is 101 Å². The number of ether oxygens (including phenoxy) is 1. The van der Waals surface area contributed by atoms with Crippen LogP contribution in [0.3, 0.4) is 0 Å². The molecule has 35 heavy (non-hydrogen) atoms. The zero-order chi connectivity index (χ0) is 24.9. The van der Waals surface area contributed by atoms with Gasteiger partial charge in [0.05, 0.1) is 18.7 Å². The van der Waals surface area contributed by atoms with Gasteiger partial charge in [0.15, 0.2) is 17.7 Å². The molecule has 0 spiro atoms. The van der Waals surface area contributed by atoms with E-state index in [0.29, 0.717) is 6.07 Å². The third-order valence-electron chi connectivity index (χ3n) is 6.31. The maximum atomic E-state index is 13.9. The highest BCUT2D eigenvalue weighted by Gasteiger charge is 2.48. The molecule has 0 bridgehead atoms. The number of aromatic hydroxyl groups is 1. The molecule has 2 aromatic carbocycles. The van der Waals surface area contributed by atoms with Crippen LogP contribution in [0.1, 0.15) is 44.9 Å². The average Bonchev–Trinajstić information content (AvgIpc) is 3.17. The van der Waals surface area contributed by atoms with Gasteiger partial charge in [0.1, 0.15) is 17.2 Å². The molecule has 180 valence electrons. The van der Waals surface area contributed by atoms with Crippen LogP contribution in [0.5, 0.6) is 5.75 Å². The van der Waals surface area contributed by atoms with E-state index in [0.717, 1.165) is 11.6 Å². The van der Waals surface area contributed by atoms with Crippen LogP contribution in [0.2, 0.25) is 0 Å². The van der Waals surface area contributed by atoms with Gasteiger partial charge in [-0.3, -0.25) is 19.3 Å². The Labute approximate surface area is 198 Å². The summed E-state index contributed by atoms with van der Waals surface area (Å²) in [5.74, 6) is -3.91. The lowest BCUT2D eigenvalue weighted by Gasteiger charge is -2.35. The van der Waals surface area contributed by atoms with Gasteiger partial charge in [-0.2, -0.15) is 0 Å². The van der Waals surface area contributed by atoms with E-state index in [1.807, 2.05) is 37.3 Å². The fourth-order valence-corrected chi connectivity index (χ4v) is 4.67. The van der Waals surface area contributed by atoms with Crippen LogP contribution in [0, 0.1) is 11.6 Å². The Morgan fingerprint density at radius 2 is 1.91 bits per heavy atom. The highest BCUT2D eigenvalue weighted by Crippen LogP contribution is 2.40. The van der Waals surface area contributed by atoms with Gasteiger partial charge in [-0.1, -0.05) is 36.4 Å². The Morgan fingerprint density at radius 3 is 2.63 bits per heavy atom. The molecule has 2 N–H and O–H groups in total. The van der Waals surface area contributed by atoms with E-state index in [4.69, 9.17) is 4.74 Å². The number of fused-ring (bicyclic) bond motifs is 2. The minimum atomic E-state index is -1.02. The monoisotopic (exact) mass is 481 g/mol. The standard InChI is InChI=1S/C25H21F2N3O5/c1-13-20(14-5-3-2-4-6-14)30-19(35-13)12-29-11-17(22(31)23(32)21(29)25(30)34)24(33)28-10-15-7-8-16(26)9-18(15)27/h2-9,11,13,19-20,32H,10,12H2,1H3,(H,28,33)/t13-,19+,20-/m0/s1. The number of carbonyl (C=O) groups is 2. The van der Waals surface area contributed by atoms with Gasteiger partial charge in [-0.15, -0.1) is 0 Å². The molecule has 3 aromatic rings. The zero-order valence-corrected chi connectivity index (χ0v) is 18.6. The summed E-state index contributed by atoms with van der Waals surface area (Å²) in [4.78, 5) is 40.4. The van der Waals surface area contributed by atoms with E-state index < -0.39 is 52.5 Å². The lowest BCUT2D eigenvalue weighted by atomic mass is 10.0. The highest BCUT2D eigenvalue weighted by molar-refractivity contribution is 5.99. The molecular formula is C25H21F2N3O5. The van der Waals surface area contributed by atoms with Crippen molar-refractivity contribution in [3.8, 4) is 5.75 Å². The Bertz CT molecular complexity index is 1390. The molecule has 0 radical (unpaired) electrons. The molecule has 5 rings (SSSR count). The molecule has 1 aromatic heterocycles. The number of nitrogens with zero attached hydrogens (tertiary/aromatic N) is 2. The summed E-state index contributed by atoms with van der Waals surface area (Å²) in [5, 5.41) is 13.0. The van der Waals surface area contributed by atoms with Crippen LogP contribution in [-0.2, 0) is 17.8 Å². The maximum Gasteiger partial charge on any atom is 0.277 e. The number of nitrogens with one attached hydrogen (secondary N) is 1. The molecule has 2 aliphatic rings. The minimum absolute atomic E-state index is 0.0214. The van der Waals surface area contributed by atoms with Crippen LogP contribution in [0.4, 0.5) is 8.78 Å². The summed E-state index contributed by atoms with van der Waals surface area (Å²) in [5.41, 5.74) is -0.792. The number of aromatic nitrogens is 1. The molecule has 10 heteroatoms. The lowest BCUT2D eigenvalue weighted by Crippen LogP contribution is -2.47. The second-order valence-electron chi connectivity index (χ2n) is 8.50. The molecule has 1 saturated heterocycles. The van der Waals surface area contributed by atoms with Gasteiger partial charge < -0.3 is 19.7 Å². The first-order valence-electron chi connectivity index (χ1n) is 11.0. The van der Waals surface area contributed by atoms with E-state index in [9.17, 15) is 28.3 Å². The van der Waals surface area contributed by atoms with Crippen molar-refractivity contribution >= 4 is 11.8 Å². The fraction of sp³-hybridized carbons (Fsp3) is 0.240. The lowest BCUT2D eigenvalue weighted by molar-refractivity contribution is -0.0104. The Kier molecular flexibility index (Phi) is 5.60. The first-order chi connectivity index (χ1) is 16.8. The Balaban J connectivity index is 1.45. The quantitative estimate of drug-likeness (QED) is 0.597. The van der Waals surface area contributed by atoms with Crippen LogP contribution < -0.4 is 10.7 Å². The number of carbonyl (C=O) groups excluding carboxylic acids is 2. The summed E-state index contributed by atoms with van der Waals surface area (Å²) >= 11 is 0. The largest absolute Gasteiger partial charge is 0.503 e. The van der Waals surface area contributed by atoms with E-state index in [1.165, 1.54) is 21.7 Å². The number of hydrogen-bond acceptors (Lipinski definition) is 5. The number of pyridine rings is 1. The summed E-state index contributed by atoms with van der Waals surface area (Å²) in [6, 6.07) is 11.8. The third-order valence-corrected chi connectivity index (χ3v) is 6.31. The third kappa shape index (κ3) is 3.85. The molecular weight excluding hydrogens is 460 g/mol. The van der Waals surface area contributed by atoms with Gasteiger partial charge in [-0.25, -0.2) is 8.78 Å². The van der Waals surface area contributed by atoms with Crippen molar-refractivity contribution in [2.75, 3.05) is 0 Å². The maximum absolute atomic E-state index is 13.9. The average molecular weight is 481 g/mol. The predicted molar refractivity (Wildman–Crippen MR) is 120 cm³/mol. The normalized spacial score (nSPS) is 20.9. The van der Waals surface area contributed by atoms with Crippen molar-refractivity contribution in [2.45, 2.75) is 38.4 Å². The smallest absolute Gasteiger partial charge is 0.277 e. The number of rotatable bonds is 4. The van der Waals surface area contributed by atoms with E-state index in [1.54, 1.807) is 0 Å². The van der Waals surface area contributed by atoms with Gasteiger partial charge in [-0.05, 0) is 18.6 Å². The Hall–Kier alpha value is -4.05. The fourth-order valence-electron chi connectivity index (χ4n) is 4.67. The second-order valence-corrected chi connectivity index (χ2v) is 8.50. The van der Waals surface area contributed by atoms with Gasteiger partial charge in [0.2, 0.25) is 5.43 Å². The predicted octanol–water partition coefficient (Wildman–Crippen LogP) is 2.70. The number of benzene rings is 2. The van der Waals surface area contributed by atoms with Crippen molar-refractivity contribution in [2.24, 2.45) is 0 Å². The summed E-state index contributed by atoms with van der Waals surface area (Å²) in [6.45, 7) is 1.63. The van der Waals surface area contributed by atoms with E-state index in [-0.39, 0.29) is 30.5 Å². The van der Waals surface area contributed by atoms with Gasteiger partial charge in [0.25, 0.3) is 11.8 Å². The van der Waals surface area contributed by atoms with Crippen LogP contribution >= 0.6 is 0 Å². The van der Waals surface area contributed by atoms with E-state index >= 15 is 0 Å². The minimum Gasteiger partial charge on any atom is -0.503 e. The molecule has 2 amide bonds. The van der Waals surface area contributed by atoms with Gasteiger partial charge in [0, 0.05) is 24.4 Å². The van der Waals surface area contributed by atoms with Crippen molar-refractivity contribution in [3.63, 3.8) is 0 Å². The van der Waals surface area contributed by atoms with Crippen molar-refractivity contribution in [3.05, 3.63) is 99.0 Å². The first kappa shape index (κ1) is 22.7. The van der Waals surface area contributed by atoms with Crippen LogP contribution in [-0.4, -0.2) is 38.7 Å². The molecule has 2 aliphatic heterocycles. The second kappa shape index (κ2) is 8.62. The summed E-state index contributed by atoms with van der Waals surface area (Å²) < 4.78 is 34.3. The zero-order valence-electron chi connectivity index (χ0n) is 18.6. The van der Waals surface area contributed by atoms with Crippen LogP contribution in [0.15, 0.2) is 59.5 Å². The number of halogens is 2. The van der Waals surface area contributed by atoms with Crippen molar-refractivity contribution < 1.29 is 28.2 Å². The van der Waals surface area contributed by atoms with E-state index in [2.05, 4.69) is 5.32 Å².